The van der Waals surface area contributed by atoms with E-state index in [0.29, 0.717) is 23.1 Å². The van der Waals surface area contributed by atoms with E-state index in [1.807, 2.05) is 0 Å². The molecule has 0 bridgehead atoms. The van der Waals surface area contributed by atoms with Crippen molar-refractivity contribution in [3.8, 4) is 0 Å². The molecule has 2 aliphatic carbocycles. The first-order chi connectivity index (χ1) is 7.66. The highest BCUT2D eigenvalue weighted by atomic mass is 35.5. The van der Waals surface area contributed by atoms with Crippen LogP contribution in [-0.4, -0.2) is 11.5 Å². The van der Waals surface area contributed by atoms with Gasteiger partial charge in [0.05, 0.1) is 0 Å². The highest BCUT2D eigenvalue weighted by Gasteiger charge is 2.34. The summed E-state index contributed by atoms with van der Waals surface area (Å²) in [6.07, 6.45) is 8.41. The van der Waals surface area contributed by atoms with Gasteiger partial charge in [0.25, 0.3) is 0 Å². The van der Waals surface area contributed by atoms with Crippen molar-refractivity contribution in [3.63, 3.8) is 0 Å². The lowest BCUT2D eigenvalue weighted by molar-refractivity contribution is 0.0810. The van der Waals surface area contributed by atoms with Crippen molar-refractivity contribution in [2.24, 2.45) is 17.8 Å². The molecule has 2 rings (SSSR count). The molecule has 5 unspecified atom stereocenters. The first kappa shape index (κ1) is 12.7. The van der Waals surface area contributed by atoms with Gasteiger partial charge in [-0.3, -0.25) is 0 Å². The molecule has 0 radical (unpaired) electrons. The minimum absolute atomic E-state index is 0.346. The Bertz CT molecular complexity index is 219. The summed E-state index contributed by atoms with van der Waals surface area (Å²) in [5.41, 5.74) is 0. The lowest BCUT2D eigenvalue weighted by atomic mass is 9.73. The number of rotatable bonds is 1. The summed E-state index contributed by atoms with van der Waals surface area (Å²) in [5.74, 6) is 1.56. The molecule has 2 fully saturated rings. The fourth-order valence-corrected chi connectivity index (χ4v) is 3.86. The van der Waals surface area contributed by atoms with Crippen LogP contribution in [0.4, 0.5) is 4.39 Å². The van der Waals surface area contributed by atoms with Crippen LogP contribution in [0.25, 0.3) is 0 Å². The van der Waals surface area contributed by atoms with Crippen LogP contribution >= 0.6 is 11.6 Å². The Morgan fingerprint density at radius 1 is 1.00 bits per heavy atom. The van der Waals surface area contributed by atoms with Crippen molar-refractivity contribution in [1.82, 2.24) is 0 Å². The van der Waals surface area contributed by atoms with Crippen molar-refractivity contribution in [2.45, 2.75) is 69.8 Å². The monoisotopic (exact) mass is 246 g/mol. The summed E-state index contributed by atoms with van der Waals surface area (Å²) >= 11 is 6.19. The Hall–Kier alpha value is 0.220. The van der Waals surface area contributed by atoms with Crippen LogP contribution < -0.4 is 0 Å². The summed E-state index contributed by atoms with van der Waals surface area (Å²) in [6, 6.07) is 0. The van der Waals surface area contributed by atoms with Crippen LogP contribution in [0, 0.1) is 17.8 Å². The molecule has 0 aromatic carbocycles. The fourth-order valence-electron chi connectivity index (χ4n) is 3.58. The van der Waals surface area contributed by atoms with Crippen LogP contribution in [-0.2, 0) is 0 Å². The van der Waals surface area contributed by atoms with E-state index >= 15 is 0 Å². The van der Waals surface area contributed by atoms with Gasteiger partial charge in [-0.05, 0) is 49.9 Å². The maximum Gasteiger partial charge on any atom is 0.103 e. The predicted molar refractivity (Wildman–Crippen MR) is 67.6 cm³/mol. The van der Waals surface area contributed by atoms with E-state index in [1.54, 1.807) is 0 Å². The second-order valence-electron chi connectivity index (χ2n) is 5.96. The lowest BCUT2D eigenvalue weighted by Gasteiger charge is -2.35. The van der Waals surface area contributed by atoms with Crippen molar-refractivity contribution >= 4 is 11.6 Å². The number of hydrogen-bond acceptors (Lipinski definition) is 0. The van der Waals surface area contributed by atoms with Crippen molar-refractivity contribution in [2.75, 3.05) is 0 Å². The molecule has 0 spiro atoms. The molecule has 0 saturated heterocycles. The van der Waals surface area contributed by atoms with Gasteiger partial charge in [-0.2, -0.15) is 0 Å². The molecule has 0 aromatic heterocycles. The highest BCUT2D eigenvalue weighted by Crippen LogP contribution is 2.41. The van der Waals surface area contributed by atoms with Crippen molar-refractivity contribution in [1.29, 1.82) is 0 Å². The Morgan fingerprint density at radius 3 is 2.56 bits per heavy atom. The third kappa shape index (κ3) is 3.12. The molecule has 94 valence electrons. The van der Waals surface area contributed by atoms with Crippen LogP contribution in [0.5, 0.6) is 0 Å². The van der Waals surface area contributed by atoms with Crippen molar-refractivity contribution < 1.29 is 4.39 Å². The van der Waals surface area contributed by atoms with Gasteiger partial charge in [-0.25, -0.2) is 4.39 Å². The molecule has 0 amide bonds. The van der Waals surface area contributed by atoms with E-state index in [1.165, 1.54) is 19.3 Å². The fraction of sp³-hybridized carbons (Fsp3) is 1.00. The summed E-state index contributed by atoms with van der Waals surface area (Å²) in [6.45, 7) is 2.19. The zero-order valence-electron chi connectivity index (χ0n) is 10.3. The van der Waals surface area contributed by atoms with Gasteiger partial charge in [-0.1, -0.05) is 26.2 Å². The summed E-state index contributed by atoms with van der Waals surface area (Å²) < 4.78 is 14.1. The molecule has 0 aromatic rings. The summed E-state index contributed by atoms with van der Waals surface area (Å²) in [7, 11) is 0. The van der Waals surface area contributed by atoms with Crippen LogP contribution in [0.3, 0.4) is 0 Å². The van der Waals surface area contributed by atoms with Gasteiger partial charge >= 0.3 is 0 Å². The van der Waals surface area contributed by atoms with E-state index in [2.05, 4.69) is 6.92 Å². The third-order valence-electron chi connectivity index (χ3n) is 4.63. The number of alkyl halides is 2. The molecule has 16 heavy (non-hydrogen) atoms. The van der Waals surface area contributed by atoms with Gasteiger partial charge < -0.3 is 0 Å². The standard InChI is InChI=1S/C14H24ClF/c1-10-5-8-13(14(16)9-10)11-3-2-4-12(15)7-6-11/h10-14H,2-9H2,1H3. The maximum atomic E-state index is 14.1. The second-order valence-corrected chi connectivity index (χ2v) is 6.58. The van der Waals surface area contributed by atoms with E-state index in [9.17, 15) is 4.39 Å². The predicted octanol–water partition coefficient (Wildman–Crippen LogP) is 4.95. The molecular formula is C14H24ClF. The minimum atomic E-state index is -0.541. The smallest absolute Gasteiger partial charge is 0.103 e. The van der Waals surface area contributed by atoms with Gasteiger partial charge in [-0.15, -0.1) is 11.6 Å². The van der Waals surface area contributed by atoms with Crippen LogP contribution in [0.1, 0.15) is 58.3 Å². The summed E-state index contributed by atoms with van der Waals surface area (Å²) in [5, 5.41) is 0.352. The van der Waals surface area contributed by atoms with Gasteiger partial charge in [0.15, 0.2) is 0 Å². The zero-order valence-corrected chi connectivity index (χ0v) is 11.1. The van der Waals surface area contributed by atoms with E-state index < -0.39 is 6.17 Å². The SMILES string of the molecule is CC1CCC(C2CCCC(Cl)CC2)C(F)C1. The molecule has 2 aliphatic rings. The van der Waals surface area contributed by atoms with Crippen LogP contribution in [0.2, 0.25) is 0 Å². The molecule has 2 heteroatoms. The maximum absolute atomic E-state index is 14.1. The quantitative estimate of drug-likeness (QED) is 0.454. The molecule has 0 nitrogen and oxygen atoms in total. The zero-order chi connectivity index (χ0) is 11.5. The molecule has 0 aliphatic heterocycles. The molecule has 0 N–H and O–H groups in total. The van der Waals surface area contributed by atoms with E-state index in [4.69, 9.17) is 11.6 Å². The molecule has 2 saturated carbocycles. The highest BCUT2D eigenvalue weighted by molar-refractivity contribution is 6.20. The molecule has 0 heterocycles. The first-order valence-corrected chi connectivity index (χ1v) is 7.38. The average molecular weight is 247 g/mol. The Labute approximate surface area is 104 Å². The second kappa shape index (κ2) is 5.71. The number of hydrogen-bond donors (Lipinski definition) is 0. The average Bonchev–Trinajstić information content (AvgIpc) is 2.43. The van der Waals surface area contributed by atoms with Gasteiger partial charge in [0, 0.05) is 5.38 Å². The largest absolute Gasteiger partial charge is 0.247 e. The third-order valence-corrected chi connectivity index (χ3v) is 5.07. The Kier molecular flexibility index (Phi) is 4.52. The van der Waals surface area contributed by atoms with Gasteiger partial charge in [0.2, 0.25) is 0 Å². The van der Waals surface area contributed by atoms with Crippen molar-refractivity contribution in [3.05, 3.63) is 0 Å². The molecule has 5 atom stereocenters. The lowest BCUT2D eigenvalue weighted by Crippen LogP contribution is -2.31. The van der Waals surface area contributed by atoms with Crippen LogP contribution in [0.15, 0.2) is 0 Å². The first-order valence-electron chi connectivity index (χ1n) is 6.95. The van der Waals surface area contributed by atoms with Gasteiger partial charge in [0.1, 0.15) is 6.17 Å². The minimum Gasteiger partial charge on any atom is -0.247 e. The molecular weight excluding hydrogens is 223 g/mol. The normalized spacial score (nSPS) is 46.3. The number of halogens is 2. The topological polar surface area (TPSA) is 0 Å². The van der Waals surface area contributed by atoms with E-state index in [-0.39, 0.29) is 0 Å². The summed E-state index contributed by atoms with van der Waals surface area (Å²) in [4.78, 5) is 0. The Balaban J connectivity index is 1.90. The van der Waals surface area contributed by atoms with E-state index in [0.717, 1.165) is 32.1 Å². The Morgan fingerprint density at radius 2 is 1.81 bits per heavy atom.